The van der Waals surface area contributed by atoms with Gasteiger partial charge in [0.05, 0.1) is 0 Å². The molecule has 0 bridgehead atoms. The molecule has 0 aliphatic rings. The van der Waals surface area contributed by atoms with E-state index >= 15 is 0 Å². The topological polar surface area (TPSA) is 101 Å². The summed E-state index contributed by atoms with van der Waals surface area (Å²) in [6, 6.07) is 0. The zero-order valence-corrected chi connectivity index (χ0v) is 4.03. The lowest BCUT2D eigenvalue weighted by Gasteiger charge is -1.80. The molecule has 0 unspecified atom stereocenters. The van der Waals surface area contributed by atoms with Crippen LogP contribution in [0.2, 0.25) is 0 Å². The molecule has 0 saturated carbocycles. The van der Waals surface area contributed by atoms with Crippen LogP contribution in [0.4, 0.5) is 4.79 Å². The van der Waals surface area contributed by atoms with E-state index in [4.69, 9.17) is 5.14 Å². The fourth-order valence-electron chi connectivity index (χ4n) is 0. The Bertz CT molecular complexity index is 167. The molecule has 0 aromatic carbocycles. The molecule has 0 aromatic heterocycles. The first-order valence-corrected chi connectivity index (χ1v) is 2.72. The summed E-state index contributed by atoms with van der Waals surface area (Å²) in [4.78, 5) is 9.47. The lowest BCUT2D eigenvalue weighted by atomic mass is 11.5. The van der Waals surface area contributed by atoms with Gasteiger partial charge in [0.2, 0.25) is 0 Å². The lowest BCUT2D eigenvalue weighted by molar-refractivity contribution is 0.265. The minimum Gasteiger partial charge on any atom is -0.355 e. The Hall–Kier alpha value is -0.620. The van der Waals surface area contributed by atoms with Gasteiger partial charge in [0.1, 0.15) is 0 Å². The molecule has 0 aliphatic carbocycles. The molecule has 0 rings (SSSR count). The summed E-state index contributed by atoms with van der Waals surface area (Å²) in [5.41, 5.74) is 4.16. The molecule has 6 heteroatoms. The molecule has 5 nitrogen and oxygen atoms in total. The van der Waals surface area contributed by atoms with Crippen molar-refractivity contribution in [3.05, 3.63) is 0 Å². The maximum Gasteiger partial charge on any atom is 0.350 e. The summed E-state index contributed by atoms with van der Waals surface area (Å²) in [5.74, 6) is 0. The van der Waals surface area contributed by atoms with E-state index in [-0.39, 0.29) is 0 Å². The Kier molecular flexibility index (Phi) is 1.34. The highest BCUT2D eigenvalue weighted by Gasteiger charge is 2.09. The SMILES string of the molecule is [NH]S(=O)(=O)C(N)=O. The van der Waals surface area contributed by atoms with Crippen molar-refractivity contribution in [1.82, 2.24) is 5.14 Å². The number of carbonyl (C=O) groups is 1. The standard InChI is InChI=1S/CH3N2O3S/c2-1(4)7(3,5)6/h3H,(H2,2,4). The number of sulfonamides is 1. The van der Waals surface area contributed by atoms with Gasteiger partial charge in [-0.2, -0.15) is 0 Å². The third-order valence-electron chi connectivity index (χ3n) is 0.265. The first-order chi connectivity index (χ1) is 2.94. The van der Waals surface area contributed by atoms with E-state index in [0.29, 0.717) is 0 Å². The van der Waals surface area contributed by atoms with Gasteiger partial charge in [-0.05, 0) is 0 Å². The van der Waals surface area contributed by atoms with Crippen molar-refractivity contribution in [2.45, 2.75) is 0 Å². The van der Waals surface area contributed by atoms with E-state index < -0.39 is 15.3 Å². The smallest absolute Gasteiger partial charge is 0.350 e. The van der Waals surface area contributed by atoms with E-state index in [9.17, 15) is 13.2 Å². The Morgan fingerprint density at radius 3 is 1.71 bits per heavy atom. The van der Waals surface area contributed by atoms with Crippen LogP contribution in [0.1, 0.15) is 0 Å². The van der Waals surface area contributed by atoms with Gasteiger partial charge in [0.25, 0.3) is 0 Å². The molecule has 1 radical (unpaired) electrons. The van der Waals surface area contributed by atoms with Crippen molar-refractivity contribution >= 4 is 15.3 Å². The Morgan fingerprint density at radius 2 is 1.71 bits per heavy atom. The van der Waals surface area contributed by atoms with Crippen LogP contribution in [-0.2, 0) is 10.0 Å². The largest absolute Gasteiger partial charge is 0.355 e. The maximum absolute atomic E-state index is 9.52. The molecule has 0 atom stereocenters. The normalized spacial score (nSPS) is 11.0. The third kappa shape index (κ3) is 2.12. The van der Waals surface area contributed by atoms with Crippen LogP contribution in [0.5, 0.6) is 0 Å². The van der Waals surface area contributed by atoms with E-state index in [1.165, 1.54) is 0 Å². The second kappa shape index (κ2) is 1.47. The Balaban J connectivity index is 4.43. The van der Waals surface area contributed by atoms with Crippen molar-refractivity contribution < 1.29 is 13.2 Å². The summed E-state index contributed by atoms with van der Waals surface area (Å²) < 4.78 is 19.0. The quantitative estimate of drug-likeness (QED) is 0.432. The minimum atomic E-state index is -4.35. The molecule has 0 saturated heterocycles. The molecule has 0 aromatic rings. The van der Waals surface area contributed by atoms with Crippen molar-refractivity contribution in [2.24, 2.45) is 5.73 Å². The highest BCUT2D eigenvalue weighted by Crippen LogP contribution is 1.74. The van der Waals surface area contributed by atoms with Crippen molar-refractivity contribution in [3.8, 4) is 0 Å². The number of amides is 1. The average Bonchev–Trinajstić information content (AvgIpc) is 1.31. The maximum atomic E-state index is 9.52. The van der Waals surface area contributed by atoms with E-state index in [0.717, 1.165) is 0 Å². The van der Waals surface area contributed by atoms with Gasteiger partial charge >= 0.3 is 15.3 Å². The second-order valence-electron chi connectivity index (χ2n) is 0.822. The molecule has 0 fully saturated rings. The van der Waals surface area contributed by atoms with Gasteiger partial charge in [0, 0.05) is 0 Å². The van der Waals surface area contributed by atoms with Crippen LogP contribution in [0.15, 0.2) is 0 Å². The van der Waals surface area contributed by atoms with Crippen LogP contribution >= 0.6 is 0 Å². The Morgan fingerprint density at radius 1 is 1.57 bits per heavy atom. The Labute approximate surface area is 40.3 Å². The third-order valence-corrected chi connectivity index (χ3v) is 0.795. The summed E-state index contributed by atoms with van der Waals surface area (Å²) in [6.45, 7) is 0. The minimum absolute atomic E-state index is 1.62. The molecular formula is CH3N2O3S. The number of carbonyl (C=O) groups excluding carboxylic acids is 1. The highest BCUT2D eigenvalue weighted by molar-refractivity contribution is 8.03. The predicted octanol–water partition coefficient (Wildman–Crippen LogP) is -1.32. The van der Waals surface area contributed by atoms with Crippen LogP contribution in [-0.4, -0.2) is 13.7 Å². The predicted molar refractivity (Wildman–Crippen MR) is 21.6 cm³/mol. The molecule has 3 N–H and O–H groups in total. The van der Waals surface area contributed by atoms with Gasteiger partial charge in [0.15, 0.2) is 0 Å². The fourth-order valence-corrected chi connectivity index (χ4v) is 0. The van der Waals surface area contributed by atoms with Crippen LogP contribution < -0.4 is 10.9 Å². The van der Waals surface area contributed by atoms with Gasteiger partial charge < -0.3 is 5.73 Å². The summed E-state index contributed by atoms with van der Waals surface area (Å²) >= 11 is 0. The van der Waals surface area contributed by atoms with Crippen molar-refractivity contribution in [1.29, 1.82) is 0 Å². The number of hydrogen-bond acceptors (Lipinski definition) is 3. The zero-order valence-electron chi connectivity index (χ0n) is 3.21. The lowest BCUT2D eigenvalue weighted by Crippen LogP contribution is -2.21. The first-order valence-electron chi connectivity index (χ1n) is 1.23. The number of hydrogen-bond donors (Lipinski definition) is 1. The van der Waals surface area contributed by atoms with E-state index in [2.05, 4.69) is 5.73 Å². The molecule has 7 heavy (non-hydrogen) atoms. The van der Waals surface area contributed by atoms with Crippen LogP contribution in [0, 0.1) is 0 Å². The van der Waals surface area contributed by atoms with Gasteiger partial charge in [-0.15, -0.1) is 5.14 Å². The van der Waals surface area contributed by atoms with Crippen molar-refractivity contribution in [3.63, 3.8) is 0 Å². The zero-order chi connectivity index (χ0) is 6.08. The number of nitrogens with one attached hydrogen (secondary N) is 1. The van der Waals surface area contributed by atoms with Crippen molar-refractivity contribution in [2.75, 3.05) is 0 Å². The fraction of sp³-hybridized carbons (Fsp3) is 0. The van der Waals surface area contributed by atoms with Gasteiger partial charge in [-0.1, -0.05) is 0 Å². The number of primary amides is 1. The van der Waals surface area contributed by atoms with E-state index in [1.807, 2.05) is 0 Å². The molecule has 0 aliphatic heterocycles. The van der Waals surface area contributed by atoms with Crippen LogP contribution in [0.25, 0.3) is 0 Å². The monoisotopic (exact) mass is 123 g/mol. The summed E-state index contributed by atoms with van der Waals surface area (Å²) in [5, 5.41) is 4.27. The molecule has 41 valence electrons. The number of rotatable bonds is 0. The highest BCUT2D eigenvalue weighted by atomic mass is 32.2. The number of nitrogens with two attached hydrogens (primary N) is 1. The van der Waals surface area contributed by atoms with E-state index in [1.54, 1.807) is 0 Å². The average molecular weight is 123 g/mol. The van der Waals surface area contributed by atoms with Gasteiger partial charge in [-0.25, -0.2) is 8.42 Å². The van der Waals surface area contributed by atoms with Crippen LogP contribution in [0.3, 0.4) is 0 Å². The van der Waals surface area contributed by atoms with Gasteiger partial charge in [-0.3, -0.25) is 4.79 Å². The molecular weight excluding hydrogens is 120 g/mol. The molecule has 0 heterocycles. The summed E-state index contributed by atoms with van der Waals surface area (Å²) in [7, 11) is -4.35. The summed E-state index contributed by atoms with van der Waals surface area (Å²) in [6.07, 6.45) is 0. The molecule has 1 amide bonds. The first kappa shape index (κ1) is 6.38. The molecule has 0 spiro atoms. The second-order valence-corrected chi connectivity index (χ2v) is 2.23.